The van der Waals surface area contributed by atoms with Gasteiger partial charge in [0.2, 0.25) is 5.91 Å². The molecule has 1 N–H and O–H groups in total. The Labute approximate surface area is 188 Å². The first-order chi connectivity index (χ1) is 14.6. The second-order valence-electron chi connectivity index (χ2n) is 6.26. The number of para-hydroxylation sites is 1. The fourth-order valence-corrected chi connectivity index (χ4v) is 3.97. The van der Waals surface area contributed by atoms with Crippen molar-refractivity contribution in [3.63, 3.8) is 0 Å². The third-order valence-electron chi connectivity index (χ3n) is 4.11. The number of anilines is 1. The molecule has 0 saturated carbocycles. The van der Waals surface area contributed by atoms with Crippen molar-refractivity contribution >= 4 is 57.5 Å². The van der Waals surface area contributed by atoms with E-state index in [1.807, 2.05) is 0 Å². The third-order valence-corrected chi connectivity index (χ3v) is 5.64. The van der Waals surface area contributed by atoms with Gasteiger partial charge in [-0.1, -0.05) is 47.1 Å². The maximum absolute atomic E-state index is 13.2. The number of rotatable bonds is 6. The topological polar surface area (TPSA) is 64.0 Å². The van der Waals surface area contributed by atoms with Crippen LogP contribution in [0.3, 0.4) is 0 Å². The molecule has 31 heavy (non-hydrogen) atoms. The summed E-state index contributed by atoms with van der Waals surface area (Å²) < 4.78 is 40.9. The fourth-order valence-electron chi connectivity index (χ4n) is 2.77. The van der Waals surface area contributed by atoms with Crippen LogP contribution in [-0.2, 0) is 17.5 Å². The number of fused-ring (bicyclic) bond motifs is 1. The molecule has 0 radical (unpaired) electrons. The molecular formula is C20H14Cl2F3N3O2S. The Bertz CT molecular complexity index is 1230. The number of carbonyl (C=O) groups excluding carboxylic acids is 1. The van der Waals surface area contributed by atoms with Gasteiger partial charge in [0.05, 0.1) is 32.9 Å². The van der Waals surface area contributed by atoms with Gasteiger partial charge in [-0.05, 0) is 30.3 Å². The first-order valence-corrected chi connectivity index (χ1v) is 10.5. The van der Waals surface area contributed by atoms with Gasteiger partial charge in [0.25, 0.3) is 5.56 Å². The second kappa shape index (κ2) is 9.33. The summed E-state index contributed by atoms with van der Waals surface area (Å²) in [6.07, 6.45) is -3.20. The zero-order chi connectivity index (χ0) is 22.8. The Balaban J connectivity index is 1.87. The molecule has 162 valence electrons. The van der Waals surface area contributed by atoms with Gasteiger partial charge in [-0.25, -0.2) is 4.98 Å². The van der Waals surface area contributed by atoms with Gasteiger partial charge in [-0.3, -0.25) is 14.2 Å². The van der Waals surface area contributed by atoms with Gasteiger partial charge in [0, 0.05) is 11.6 Å². The van der Waals surface area contributed by atoms with Crippen LogP contribution < -0.4 is 10.9 Å². The van der Waals surface area contributed by atoms with Crippen LogP contribution in [0.25, 0.3) is 10.9 Å². The van der Waals surface area contributed by atoms with Crippen molar-refractivity contribution < 1.29 is 18.0 Å². The van der Waals surface area contributed by atoms with Crippen molar-refractivity contribution in [2.75, 3.05) is 11.1 Å². The zero-order valence-corrected chi connectivity index (χ0v) is 18.0. The fraction of sp³-hybridized carbons (Fsp3) is 0.150. The van der Waals surface area contributed by atoms with E-state index in [4.69, 9.17) is 23.2 Å². The number of nitrogens with zero attached hydrogens (tertiary/aromatic N) is 2. The normalized spacial score (nSPS) is 11.5. The molecule has 11 heteroatoms. The average molecular weight is 488 g/mol. The van der Waals surface area contributed by atoms with E-state index in [1.165, 1.54) is 22.8 Å². The number of carbonyl (C=O) groups is 1. The summed E-state index contributed by atoms with van der Waals surface area (Å²) in [5, 5.41) is 2.85. The minimum Gasteiger partial charge on any atom is -0.324 e. The van der Waals surface area contributed by atoms with Crippen LogP contribution in [0.5, 0.6) is 0 Å². The van der Waals surface area contributed by atoms with Crippen LogP contribution in [0.4, 0.5) is 18.9 Å². The molecule has 1 aromatic heterocycles. The molecule has 0 atom stereocenters. The lowest BCUT2D eigenvalue weighted by Crippen LogP contribution is -2.24. The van der Waals surface area contributed by atoms with Crippen molar-refractivity contribution in [1.29, 1.82) is 0 Å². The number of aromatic nitrogens is 2. The molecule has 5 nitrogen and oxygen atoms in total. The van der Waals surface area contributed by atoms with Gasteiger partial charge in [0.1, 0.15) is 0 Å². The minimum absolute atomic E-state index is 0.126. The SMILES string of the molecule is C=CCn1c(SCC(=O)Nc2c(Cl)cccc2C(F)(F)F)nc2ccc(Cl)cc2c1=O. The standard InChI is InChI=1S/C20H14Cl2F3N3O2S/c1-2-8-28-18(30)12-9-11(21)6-7-15(12)26-19(28)31-10-16(29)27-17-13(20(23,24)25)4-3-5-14(17)22/h2-7,9H,1,8,10H2,(H,27,29). The number of nitrogens with one attached hydrogen (secondary N) is 1. The second-order valence-corrected chi connectivity index (χ2v) is 8.04. The molecule has 0 saturated heterocycles. The maximum Gasteiger partial charge on any atom is 0.418 e. The number of hydrogen-bond acceptors (Lipinski definition) is 4. The number of benzene rings is 2. The summed E-state index contributed by atoms with van der Waals surface area (Å²) in [6, 6.07) is 7.85. The van der Waals surface area contributed by atoms with E-state index in [1.54, 1.807) is 12.1 Å². The van der Waals surface area contributed by atoms with Gasteiger partial charge >= 0.3 is 6.18 Å². The van der Waals surface area contributed by atoms with E-state index < -0.39 is 23.3 Å². The highest BCUT2D eigenvalue weighted by Gasteiger charge is 2.34. The van der Waals surface area contributed by atoms with E-state index in [2.05, 4.69) is 16.9 Å². The average Bonchev–Trinajstić information content (AvgIpc) is 2.70. The van der Waals surface area contributed by atoms with Crippen LogP contribution in [0, 0.1) is 0 Å². The summed E-state index contributed by atoms with van der Waals surface area (Å²) in [4.78, 5) is 29.5. The zero-order valence-electron chi connectivity index (χ0n) is 15.7. The molecule has 3 rings (SSSR count). The first kappa shape index (κ1) is 23.2. The molecule has 0 spiro atoms. The van der Waals surface area contributed by atoms with E-state index >= 15 is 0 Å². The lowest BCUT2D eigenvalue weighted by Gasteiger charge is -2.15. The number of thioether (sulfide) groups is 1. The Morgan fingerprint density at radius 3 is 2.68 bits per heavy atom. The van der Waals surface area contributed by atoms with Crippen molar-refractivity contribution in [3.8, 4) is 0 Å². The molecule has 1 heterocycles. The first-order valence-electron chi connectivity index (χ1n) is 8.71. The number of allylic oxidation sites excluding steroid dienone is 1. The molecule has 0 bridgehead atoms. The Morgan fingerprint density at radius 2 is 2.00 bits per heavy atom. The quantitative estimate of drug-likeness (QED) is 0.277. The van der Waals surface area contributed by atoms with Crippen LogP contribution in [0.1, 0.15) is 5.56 Å². The lowest BCUT2D eigenvalue weighted by atomic mass is 10.1. The predicted octanol–water partition coefficient (Wildman–Crippen LogP) is 5.64. The highest BCUT2D eigenvalue weighted by atomic mass is 35.5. The number of halogens is 5. The van der Waals surface area contributed by atoms with Gasteiger partial charge in [-0.2, -0.15) is 13.2 Å². The number of amides is 1. The Kier molecular flexibility index (Phi) is 6.98. The molecular weight excluding hydrogens is 474 g/mol. The monoisotopic (exact) mass is 487 g/mol. The minimum atomic E-state index is -4.69. The maximum atomic E-state index is 13.2. The third kappa shape index (κ3) is 5.23. The van der Waals surface area contributed by atoms with E-state index in [-0.39, 0.29) is 28.0 Å². The van der Waals surface area contributed by atoms with Crippen molar-refractivity contribution in [2.24, 2.45) is 0 Å². The van der Waals surface area contributed by atoms with E-state index in [0.29, 0.717) is 15.9 Å². The summed E-state index contributed by atoms with van der Waals surface area (Å²) in [7, 11) is 0. The van der Waals surface area contributed by atoms with Crippen molar-refractivity contribution in [1.82, 2.24) is 9.55 Å². The molecule has 1 amide bonds. The molecule has 3 aromatic rings. The van der Waals surface area contributed by atoms with E-state index in [9.17, 15) is 22.8 Å². The number of alkyl halides is 3. The summed E-state index contributed by atoms with van der Waals surface area (Å²) in [5.74, 6) is -1.04. The molecule has 0 fully saturated rings. The molecule has 0 aliphatic rings. The van der Waals surface area contributed by atoms with Crippen LogP contribution >= 0.6 is 35.0 Å². The Morgan fingerprint density at radius 1 is 1.26 bits per heavy atom. The summed E-state index contributed by atoms with van der Waals surface area (Å²) >= 11 is 12.7. The van der Waals surface area contributed by atoms with Crippen LogP contribution in [0.2, 0.25) is 10.0 Å². The molecule has 0 unspecified atom stereocenters. The Hall–Kier alpha value is -2.49. The van der Waals surface area contributed by atoms with Gasteiger partial charge in [-0.15, -0.1) is 6.58 Å². The van der Waals surface area contributed by atoms with Crippen LogP contribution in [-0.4, -0.2) is 21.2 Å². The molecule has 0 aliphatic carbocycles. The highest BCUT2D eigenvalue weighted by molar-refractivity contribution is 7.99. The van der Waals surface area contributed by atoms with Crippen molar-refractivity contribution in [2.45, 2.75) is 17.9 Å². The van der Waals surface area contributed by atoms with Crippen molar-refractivity contribution in [3.05, 3.63) is 75.0 Å². The van der Waals surface area contributed by atoms with Gasteiger partial charge < -0.3 is 5.32 Å². The number of hydrogen-bond donors (Lipinski definition) is 1. The van der Waals surface area contributed by atoms with Gasteiger partial charge in [0.15, 0.2) is 5.16 Å². The highest BCUT2D eigenvalue weighted by Crippen LogP contribution is 2.38. The van der Waals surface area contributed by atoms with Crippen LogP contribution in [0.15, 0.2) is 59.0 Å². The van der Waals surface area contributed by atoms with E-state index in [0.717, 1.165) is 23.9 Å². The lowest BCUT2D eigenvalue weighted by molar-refractivity contribution is -0.137. The predicted molar refractivity (Wildman–Crippen MR) is 117 cm³/mol. The summed E-state index contributed by atoms with van der Waals surface area (Å²) in [6.45, 7) is 3.73. The molecule has 0 aliphatic heterocycles. The summed E-state index contributed by atoms with van der Waals surface area (Å²) in [5.41, 5.74) is -1.57. The smallest absolute Gasteiger partial charge is 0.324 e. The molecule has 2 aromatic carbocycles. The largest absolute Gasteiger partial charge is 0.418 e.